The molecule has 0 saturated heterocycles. The zero-order valence-electron chi connectivity index (χ0n) is 14.3. The maximum Gasteiger partial charge on any atom is 0.336 e. The van der Waals surface area contributed by atoms with E-state index in [2.05, 4.69) is 0 Å². The van der Waals surface area contributed by atoms with E-state index < -0.39 is 11.9 Å². The molecule has 0 fully saturated rings. The maximum atomic E-state index is 11.8. The van der Waals surface area contributed by atoms with Crippen LogP contribution in [0.15, 0.2) is 48.6 Å². The highest BCUT2D eigenvalue weighted by Crippen LogP contribution is 2.21. The summed E-state index contributed by atoms with van der Waals surface area (Å²) in [5, 5.41) is 0. The Balaban J connectivity index is 1.99. The van der Waals surface area contributed by atoms with E-state index in [4.69, 9.17) is 9.47 Å². The van der Waals surface area contributed by atoms with Crippen molar-refractivity contribution in [2.75, 3.05) is 0 Å². The van der Waals surface area contributed by atoms with Gasteiger partial charge in [-0.15, -0.1) is 0 Å². The number of hydrogen-bond donors (Lipinski definition) is 0. The van der Waals surface area contributed by atoms with Crippen molar-refractivity contribution in [3.63, 3.8) is 0 Å². The lowest BCUT2D eigenvalue weighted by Crippen LogP contribution is -2.09. The van der Waals surface area contributed by atoms with E-state index in [-0.39, 0.29) is 0 Å². The van der Waals surface area contributed by atoms with Gasteiger partial charge in [0, 0.05) is 12.2 Å². The number of rotatable bonds is 4. The fourth-order valence-corrected chi connectivity index (χ4v) is 2.09. The molecule has 0 saturated carbocycles. The third-order valence-electron chi connectivity index (χ3n) is 3.89. The van der Waals surface area contributed by atoms with Crippen LogP contribution in [-0.2, 0) is 9.59 Å². The molecule has 0 unspecified atom stereocenters. The molecule has 0 atom stereocenters. The topological polar surface area (TPSA) is 52.6 Å². The largest absolute Gasteiger partial charge is 0.423 e. The maximum absolute atomic E-state index is 11.8. The summed E-state index contributed by atoms with van der Waals surface area (Å²) in [6.07, 6.45) is 2.13. The average molecular weight is 324 g/mol. The first-order valence-electron chi connectivity index (χ1n) is 7.62. The molecule has 124 valence electrons. The summed E-state index contributed by atoms with van der Waals surface area (Å²) >= 11 is 0. The molecule has 0 amide bonds. The van der Waals surface area contributed by atoms with Crippen molar-refractivity contribution in [2.24, 2.45) is 0 Å². The van der Waals surface area contributed by atoms with Gasteiger partial charge in [-0.2, -0.15) is 0 Å². The monoisotopic (exact) mass is 324 g/mol. The van der Waals surface area contributed by atoms with Crippen molar-refractivity contribution in [1.29, 1.82) is 0 Å². The Hall–Kier alpha value is -2.88. The molecule has 0 bridgehead atoms. The molecule has 0 N–H and O–H groups in total. The summed E-state index contributed by atoms with van der Waals surface area (Å²) in [4.78, 5) is 23.7. The molecule has 2 aromatic rings. The summed E-state index contributed by atoms with van der Waals surface area (Å²) in [7, 11) is 0. The number of ether oxygens (including phenoxy) is 2. The van der Waals surface area contributed by atoms with Crippen LogP contribution >= 0.6 is 0 Å². The fourth-order valence-electron chi connectivity index (χ4n) is 2.09. The molecule has 0 spiro atoms. The van der Waals surface area contributed by atoms with E-state index in [1.165, 1.54) is 0 Å². The highest BCUT2D eigenvalue weighted by Gasteiger charge is 2.08. The van der Waals surface area contributed by atoms with Crippen molar-refractivity contribution < 1.29 is 19.1 Å². The summed E-state index contributed by atoms with van der Waals surface area (Å²) in [5.74, 6) is -0.289. The molecular formula is C20H20O4. The van der Waals surface area contributed by atoms with Gasteiger partial charge in [-0.25, -0.2) is 9.59 Å². The van der Waals surface area contributed by atoms with Gasteiger partial charge >= 0.3 is 11.9 Å². The van der Waals surface area contributed by atoms with E-state index in [0.29, 0.717) is 11.5 Å². The van der Waals surface area contributed by atoms with Gasteiger partial charge in [0.15, 0.2) is 0 Å². The lowest BCUT2D eigenvalue weighted by molar-refractivity contribution is -0.131. The number of carbonyl (C=O) groups excluding carboxylic acids is 2. The minimum atomic E-state index is -0.624. The highest BCUT2D eigenvalue weighted by atomic mass is 16.5. The van der Waals surface area contributed by atoms with Crippen LogP contribution in [0.3, 0.4) is 0 Å². The second-order valence-corrected chi connectivity index (χ2v) is 5.57. The van der Waals surface area contributed by atoms with E-state index in [0.717, 1.165) is 34.4 Å². The molecule has 0 radical (unpaired) electrons. The van der Waals surface area contributed by atoms with Crippen molar-refractivity contribution in [2.45, 2.75) is 27.7 Å². The van der Waals surface area contributed by atoms with E-state index in [1.807, 2.05) is 52.0 Å². The van der Waals surface area contributed by atoms with E-state index >= 15 is 0 Å². The van der Waals surface area contributed by atoms with Gasteiger partial charge in [-0.05, 0) is 62.1 Å². The zero-order chi connectivity index (χ0) is 17.7. The summed E-state index contributed by atoms with van der Waals surface area (Å²) in [5.41, 5.74) is 3.83. The van der Waals surface area contributed by atoms with Gasteiger partial charge in [0.2, 0.25) is 0 Å². The van der Waals surface area contributed by atoms with Crippen LogP contribution in [-0.4, -0.2) is 11.9 Å². The lowest BCUT2D eigenvalue weighted by Gasteiger charge is -2.08. The molecular weight excluding hydrogens is 304 g/mol. The van der Waals surface area contributed by atoms with Gasteiger partial charge in [0.25, 0.3) is 0 Å². The first kappa shape index (κ1) is 17.5. The van der Waals surface area contributed by atoms with Crippen LogP contribution in [0.1, 0.15) is 22.3 Å². The first-order valence-corrected chi connectivity index (χ1v) is 7.62. The predicted octanol–water partition coefficient (Wildman–Crippen LogP) is 3.99. The normalized spacial score (nSPS) is 10.7. The molecule has 0 aliphatic carbocycles. The number of hydrogen-bond acceptors (Lipinski definition) is 4. The molecule has 24 heavy (non-hydrogen) atoms. The third-order valence-corrected chi connectivity index (χ3v) is 3.89. The van der Waals surface area contributed by atoms with Crippen molar-refractivity contribution >= 4 is 11.9 Å². The Labute approximate surface area is 141 Å². The second kappa shape index (κ2) is 7.59. The van der Waals surface area contributed by atoms with Crippen LogP contribution in [0.25, 0.3) is 0 Å². The molecule has 4 nitrogen and oxygen atoms in total. The van der Waals surface area contributed by atoms with Crippen LogP contribution < -0.4 is 9.47 Å². The molecule has 4 heteroatoms. The fraction of sp³-hybridized carbons (Fsp3) is 0.200. The molecule has 0 heterocycles. The highest BCUT2D eigenvalue weighted by molar-refractivity contribution is 5.93. The van der Waals surface area contributed by atoms with Crippen molar-refractivity contribution in [3.05, 3.63) is 70.8 Å². The Morgan fingerprint density at radius 3 is 1.46 bits per heavy atom. The number of esters is 2. The van der Waals surface area contributed by atoms with Crippen molar-refractivity contribution in [3.8, 4) is 11.5 Å². The van der Waals surface area contributed by atoms with Gasteiger partial charge < -0.3 is 9.47 Å². The molecule has 0 aromatic heterocycles. The van der Waals surface area contributed by atoms with Gasteiger partial charge in [0.1, 0.15) is 11.5 Å². The minimum Gasteiger partial charge on any atom is -0.423 e. The van der Waals surface area contributed by atoms with Gasteiger partial charge in [-0.3, -0.25) is 0 Å². The zero-order valence-corrected chi connectivity index (χ0v) is 14.3. The van der Waals surface area contributed by atoms with Crippen LogP contribution in [0.4, 0.5) is 0 Å². The van der Waals surface area contributed by atoms with Crippen LogP contribution in [0.5, 0.6) is 11.5 Å². The van der Waals surface area contributed by atoms with Crippen LogP contribution in [0.2, 0.25) is 0 Å². The Kier molecular flexibility index (Phi) is 5.53. The number of aryl methyl sites for hydroxylation is 2. The second-order valence-electron chi connectivity index (χ2n) is 5.57. The van der Waals surface area contributed by atoms with Gasteiger partial charge in [0.05, 0.1) is 0 Å². The van der Waals surface area contributed by atoms with Crippen molar-refractivity contribution in [1.82, 2.24) is 0 Å². The molecule has 2 aromatic carbocycles. The molecule has 0 aliphatic rings. The number of carbonyl (C=O) groups is 2. The summed E-state index contributed by atoms with van der Waals surface area (Å²) < 4.78 is 10.5. The van der Waals surface area contributed by atoms with E-state index in [1.54, 1.807) is 12.1 Å². The SMILES string of the molecule is Cc1cccc(OC(=O)C=CC(=O)Oc2cccc(C)c2C)c1C. The van der Waals surface area contributed by atoms with Gasteiger partial charge in [-0.1, -0.05) is 24.3 Å². The standard InChI is InChI=1S/C20H20O4/c1-13-7-5-9-17(15(13)3)23-19(21)11-12-20(22)24-18-10-6-8-14(2)16(18)4/h5-12H,1-4H3. The Morgan fingerprint density at radius 1 is 0.708 bits per heavy atom. The predicted molar refractivity (Wildman–Crippen MR) is 92.2 cm³/mol. The average Bonchev–Trinajstić information content (AvgIpc) is 2.54. The number of benzene rings is 2. The third kappa shape index (κ3) is 4.32. The molecule has 2 rings (SSSR count). The smallest absolute Gasteiger partial charge is 0.336 e. The quantitative estimate of drug-likeness (QED) is 0.485. The Bertz CT molecular complexity index is 736. The summed E-state index contributed by atoms with van der Waals surface area (Å²) in [6, 6.07) is 10.9. The summed E-state index contributed by atoms with van der Waals surface area (Å²) in [6.45, 7) is 7.61. The lowest BCUT2D eigenvalue weighted by atomic mass is 10.1. The Morgan fingerprint density at radius 2 is 1.08 bits per heavy atom. The molecule has 0 aliphatic heterocycles. The van der Waals surface area contributed by atoms with Crippen LogP contribution in [0, 0.1) is 27.7 Å². The minimum absolute atomic E-state index is 0.479. The van der Waals surface area contributed by atoms with E-state index in [9.17, 15) is 9.59 Å². The first-order chi connectivity index (χ1) is 11.4.